The van der Waals surface area contributed by atoms with Crippen LogP contribution in [0, 0.1) is 24.0 Å². The number of aromatic hydroxyl groups is 1. The van der Waals surface area contributed by atoms with Gasteiger partial charge in [-0.1, -0.05) is 29.8 Å². The van der Waals surface area contributed by atoms with Crippen LogP contribution >= 0.6 is 11.6 Å². The lowest BCUT2D eigenvalue weighted by Crippen LogP contribution is -2.00. The van der Waals surface area contributed by atoms with E-state index in [1.54, 1.807) is 25.1 Å². The van der Waals surface area contributed by atoms with Crippen molar-refractivity contribution < 1.29 is 14.4 Å². The highest BCUT2D eigenvalue weighted by molar-refractivity contribution is 6.33. The molecule has 0 bridgehead atoms. The third-order valence-electron chi connectivity index (χ3n) is 4.81. The van der Waals surface area contributed by atoms with Crippen molar-refractivity contribution in [3.05, 3.63) is 80.4 Å². The number of oxazole rings is 1. The van der Waals surface area contributed by atoms with E-state index in [-0.39, 0.29) is 16.1 Å². The zero-order chi connectivity index (χ0) is 21.4. The van der Waals surface area contributed by atoms with Crippen molar-refractivity contribution in [2.45, 2.75) is 13.8 Å². The minimum Gasteiger partial charge on any atom is -0.502 e. The number of rotatable bonds is 4. The normalized spacial score (nSPS) is 11.4. The summed E-state index contributed by atoms with van der Waals surface area (Å²) in [4.78, 5) is 19.5. The molecule has 7 nitrogen and oxygen atoms in total. The van der Waals surface area contributed by atoms with Gasteiger partial charge in [-0.3, -0.25) is 15.1 Å². The number of nitrogens with zero attached hydrogens (tertiary/aromatic N) is 3. The first-order chi connectivity index (χ1) is 14.4. The number of aromatic nitrogens is 1. The Labute approximate surface area is 176 Å². The molecular formula is C22H16ClN3O4. The van der Waals surface area contributed by atoms with Gasteiger partial charge in [0.2, 0.25) is 11.6 Å². The maximum Gasteiger partial charge on any atom is 0.315 e. The SMILES string of the molecule is Cc1c(Cl)c(C)c([N+](=O)[O-])c(O)c1C=Nc1cccc(-c2nc3ccccc3o2)c1. The number of hydrogen-bond acceptors (Lipinski definition) is 6. The Morgan fingerprint density at radius 2 is 1.93 bits per heavy atom. The molecule has 0 fully saturated rings. The molecule has 0 aliphatic rings. The van der Waals surface area contributed by atoms with E-state index >= 15 is 0 Å². The monoisotopic (exact) mass is 421 g/mol. The third kappa shape index (κ3) is 3.40. The molecule has 0 saturated carbocycles. The van der Waals surface area contributed by atoms with Gasteiger partial charge in [0.1, 0.15) is 5.52 Å². The molecule has 4 aromatic rings. The van der Waals surface area contributed by atoms with Crippen molar-refractivity contribution >= 4 is 40.3 Å². The largest absolute Gasteiger partial charge is 0.502 e. The Bertz CT molecular complexity index is 1290. The van der Waals surface area contributed by atoms with Crippen molar-refractivity contribution in [3.63, 3.8) is 0 Å². The molecule has 0 radical (unpaired) electrons. The minimum atomic E-state index is -0.652. The van der Waals surface area contributed by atoms with Gasteiger partial charge in [0.05, 0.1) is 15.6 Å². The minimum absolute atomic E-state index is 0.199. The lowest BCUT2D eigenvalue weighted by Gasteiger charge is -2.10. The third-order valence-corrected chi connectivity index (χ3v) is 5.38. The van der Waals surface area contributed by atoms with Crippen LogP contribution in [-0.2, 0) is 0 Å². The lowest BCUT2D eigenvalue weighted by molar-refractivity contribution is -0.386. The fourth-order valence-corrected chi connectivity index (χ4v) is 3.41. The first-order valence-electron chi connectivity index (χ1n) is 9.03. The van der Waals surface area contributed by atoms with Gasteiger partial charge in [0.15, 0.2) is 5.58 Å². The number of benzene rings is 3. The van der Waals surface area contributed by atoms with Gasteiger partial charge in [-0.25, -0.2) is 4.98 Å². The van der Waals surface area contributed by atoms with E-state index in [0.29, 0.717) is 22.7 Å². The summed E-state index contributed by atoms with van der Waals surface area (Å²) in [5, 5.41) is 22.0. The smallest absolute Gasteiger partial charge is 0.315 e. The van der Waals surface area contributed by atoms with Crippen LogP contribution in [0.15, 0.2) is 57.9 Å². The molecule has 0 aliphatic heterocycles. The van der Waals surface area contributed by atoms with E-state index in [2.05, 4.69) is 9.98 Å². The average Bonchev–Trinajstić information content (AvgIpc) is 3.16. The maximum atomic E-state index is 11.3. The van der Waals surface area contributed by atoms with Gasteiger partial charge >= 0.3 is 5.69 Å². The zero-order valence-corrected chi connectivity index (χ0v) is 16.8. The van der Waals surface area contributed by atoms with Gasteiger partial charge < -0.3 is 9.52 Å². The first kappa shape index (κ1) is 19.6. The molecule has 8 heteroatoms. The number of fused-ring (bicyclic) bond motifs is 1. The molecule has 0 amide bonds. The molecule has 150 valence electrons. The van der Waals surface area contributed by atoms with Crippen molar-refractivity contribution in [1.82, 2.24) is 4.98 Å². The Hall–Kier alpha value is -3.71. The number of phenolic OH excluding ortho intramolecular Hbond substituents is 1. The Morgan fingerprint density at radius 1 is 1.17 bits per heavy atom. The van der Waals surface area contributed by atoms with E-state index in [1.807, 2.05) is 30.3 Å². The molecule has 0 atom stereocenters. The van der Waals surface area contributed by atoms with Crippen molar-refractivity contribution in [2.24, 2.45) is 4.99 Å². The topological polar surface area (TPSA) is 102 Å². The fraction of sp³-hybridized carbons (Fsp3) is 0.0909. The van der Waals surface area contributed by atoms with Gasteiger partial charge in [-0.15, -0.1) is 0 Å². The summed E-state index contributed by atoms with van der Waals surface area (Å²) in [6.45, 7) is 3.17. The lowest BCUT2D eigenvalue weighted by atomic mass is 10.0. The van der Waals surface area contributed by atoms with E-state index in [0.717, 1.165) is 11.1 Å². The summed E-state index contributed by atoms with van der Waals surface area (Å²) in [5.74, 6) is -0.000415. The highest BCUT2D eigenvalue weighted by Gasteiger charge is 2.25. The summed E-state index contributed by atoms with van der Waals surface area (Å²) >= 11 is 6.23. The fourth-order valence-electron chi connectivity index (χ4n) is 3.22. The quantitative estimate of drug-likeness (QED) is 0.242. The predicted octanol–water partition coefficient (Wildman–Crippen LogP) is 6.13. The van der Waals surface area contributed by atoms with Gasteiger partial charge in [-0.05, 0) is 49.7 Å². The van der Waals surface area contributed by atoms with Crippen LogP contribution in [0.25, 0.3) is 22.6 Å². The average molecular weight is 422 g/mol. The number of nitro benzene ring substituents is 1. The Kier molecular flexibility index (Phi) is 4.97. The molecule has 0 spiro atoms. The van der Waals surface area contributed by atoms with Crippen molar-refractivity contribution in [1.29, 1.82) is 0 Å². The van der Waals surface area contributed by atoms with Gasteiger partial charge in [0, 0.05) is 22.9 Å². The van der Waals surface area contributed by atoms with Crippen molar-refractivity contribution in [2.75, 3.05) is 0 Å². The van der Waals surface area contributed by atoms with Crippen LogP contribution in [0.2, 0.25) is 5.02 Å². The number of nitro groups is 1. The summed E-state index contributed by atoms with van der Waals surface area (Å²) in [6, 6.07) is 14.7. The van der Waals surface area contributed by atoms with Gasteiger partial charge in [-0.2, -0.15) is 0 Å². The van der Waals surface area contributed by atoms with Crippen LogP contribution in [0.5, 0.6) is 5.75 Å². The molecule has 0 unspecified atom stereocenters. The van der Waals surface area contributed by atoms with Crippen LogP contribution in [-0.4, -0.2) is 21.2 Å². The second-order valence-electron chi connectivity index (χ2n) is 6.73. The molecule has 1 heterocycles. The summed E-state index contributed by atoms with van der Waals surface area (Å²) < 4.78 is 5.79. The number of hydrogen-bond donors (Lipinski definition) is 1. The van der Waals surface area contributed by atoms with Gasteiger partial charge in [0.25, 0.3) is 0 Å². The highest BCUT2D eigenvalue weighted by Crippen LogP contribution is 2.40. The van der Waals surface area contributed by atoms with Crippen LogP contribution in [0.1, 0.15) is 16.7 Å². The van der Waals surface area contributed by atoms with E-state index in [9.17, 15) is 15.2 Å². The molecular weight excluding hydrogens is 406 g/mol. The molecule has 3 aromatic carbocycles. The van der Waals surface area contributed by atoms with Crippen LogP contribution in [0.4, 0.5) is 11.4 Å². The predicted molar refractivity (Wildman–Crippen MR) is 116 cm³/mol. The van der Waals surface area contributed by atoms with Crippen LogP contribution < -0.4 is 0 Å². The molecule has 1 aromatic heterocycles. The van der Waals surface area contributed by atoms with E-state index in [4.69, 9.17) is 16.0 Å². The number of aliphatic imine (C=N–C) groups is 1. The van der Waals surface area contributed by atoms with E-state index < -0.39 is 16.4 Å². The second-order valence-corrected chi connectivity index (χ2v) is 7.11. The Balaban J connectivity index is 1.74. The molecule has 30 heavy (non-hydrogen) atoms. The first-order valence-corrected chi connectivity index (χ1v) is 9.40. The number of para-hydroxylation sites is 2. The molecule has 0 saturated heterocycles. The highest BCUT2D eigenvalue weighted by atomic mass is 35.5. The number of phenols is 1. The summed E-state index contributed by atoms with van der Waals surface area (Å²) in [6.07, 6.45) is 1.37. The van der Waals surface area contributed by atoms with Crippen molar-refractivity contribution in [3.8, 4) is 17.2 Å². The second kappa shape index (κ2) is 7.61. The Morgan fingerprint density at radius 3 is 2.67 bits per heavy atom. The standard InChI is InChI=1S/C22H16ClN3O4/c1-12-16(21(27)20(26(28)29)13(2)19(12)23)11-24-15-7-5-6-14(10-15)22-25-17-8-3-4-9-18(17)30-22/h3-11,27H,1-2H3. The van der Waals surface area contributed by atoms with Crippen LogP contribution in [0.3, 0.4) is 0 Å². The molecule has 4 rings (SSSR count). The maximum absolute atomic E-state index is 11.3. The van der Waals surface area contributed by atoms with E-state index in [1.165, 1.54) is 13.1 Å². The molecule has 1 N–H and O–H groups in total. The molecule has 0 aliphatic carbocycles. The summed E-state index contributed by atoms with van der Waals surface area (Å²) in [7, 11) is 0. The number of halogens is 1. The summed E-state index contributed by atoms with van der Waals surface area (Å²) in [5.41, 5.74) is 3.23. The zero-order valence-electron chi connectivity index (χ0n) is 16.1.